The minimum absolute atomic E-state index is 0.186. The van der Waals surface area contributed by atoms with Crippen LogP contribution in [0.1, 0.15) is 25.0 Å². The van der Waals surface area contributed by atoms with Crippen molar-refractivity contribution < 1.29 is 5.11 Å². The van der Waals surface area contributed by atoms with Crippen LogP contribution in [0.2, 0.25) is 0 Å². The maximum atomic E-state index is 9.17. The molecule has 0 heterocycles. The first-order chi connectivity index (χ1) is 7.13. The minimum Gasteiger partial charge on any atom is -0.395 e. The van der Waals surface area contributed by atoms with E-state index in [9.17, 15) is 0 Å². The van der Waals surface area contributed by atoms with Gasteiger partial charge in [-0.2, -0.15) is 0 Å². The molecule has 0 spiro atoms. The van der Waals surface area contributed by atoms with Gasteiger partial charge in [-0.1, -0.05) is 43.7 Å². The number of rotatable bonds is 5. The molecule has 0 fully saturated rings. The van der Waals surface area contributed by atoms with Crippen LogP contribution in [0.25, 0.3) is 0 Å². The summed E-state index contributed by atoms with van der Waals surface area (Å²) in [5.41, 5.74) is 2.55. The van der Waals surface area contributed by atoms with E-state index in [0.29, 0.717) is 5.92 Å². The van der Waals surface area contributed by atoms with Gasteiger partial charge in [-0.3, -0.25) is 0 Å². The van der Waals surface area contributed by atoms with E-state index in [1.54, 1.807) is 0 Å². The summed E-state index contributed by atoms with van der Waals surface area (Å²) < 4.78 is 0. The second-order valence-corrected chi connectivity index (χ2v) is 4.40. The maximum absolute atomic E-state index is 9.17. The Kier molecular flexibility index (Phi) is 4.79. The first-order valence-electron chi connectivity index (χ1n) is 5.53. The highest BCUT2D eigenvalue weighted by Gasteiger charge is 2.10. The van der Waals surface area contributed by atoms with Crippen molar-refractivity contribution in [2.45, 2.75) is 33.4 Å². The summed E-state index contributed by atoms with van der Waals surface area (Å²) in [6.07, 6.45) is 0. The first-order valence-corrected chi connectivity index (χ1v) is 5.53. The van der Waals surface area contributed by atoms with E-state index in [0.717, 1.165) is 6.54 Å². The fraction of sp³-hybridized carbons (Fsp3) is 0.538. The molecule has 1 unspecified atom stereocenters. The van der Waals surface area contributed by atoms with Gasteiger partial charge in [-0.25, -0.2) is 0 Å². The van der Waals surface area contributed by atoms with E-state index in [1.165, 1.54) is 11.1 Å². The molecule has 0 aliphatic rings. The van der Waals surface area contributed by atoms with Gasteiger partial charge in [-0.05, 0) is 18.4 Å². The molecule has 0 aliphatic carbocycles. The fourth-order valence-corrected chi connectivity index (χ4v) is 1.58. The molecule has 2 N–H and O–H groups in total. The number of benzene rings is 1. The molecule has 0 radical (unpaired) electrons. The molecule has 1 rings (SSSR count). The minimum atomic E-state index is 0.186. The van der Waals surface area contributed by atoms with Gasteiger partial charge < -0.3 is 10.4 Å². The SMILES string of the molecule is Cc1cccc(CNC(CO)C(C)C)c1. The van der Waals surface area contributed by atoms with Crippen molar-refractivity contribution in [1.82, 2.24) is 5.32 Å². The monoisotopic (exact) mass is 207 g/mol. The van der Waals surface area contributed by atoms with Gasteiger partial charge in [0.1, 0.15) is 0 Å². The van der Waals surface area contributed by atoms with Crippen molar-refractivity contribution in [3.63, 3.8) is 0 Å². The van der Waals surface area contributed by atoms with Crippen LogP contribution in [0.4, 0.5) is 0 Å². The van der Waals surface area contributed by atoms with E-state index in [-0.39, 0.29) is 12.6 Å². The average molecular weight is 207 g/mol. The fourth-order valence-electron chi connectivity index (χ4n) is 1.58. The highest BCUT2D eigenvalue weighted by Crippen LogP contribution is 2.06. The Morgan fingerprint density at radius 3 is 2.60 bits per heavy atom. The largest absolute Gasteiger partial charge is 0.395 e. The Morgan fingerprint density at radius 1 is 1.33 bits per heavy atom. The second-order valence-electron chi connectivity index (χ2n) is 4.40. The summed E-state index contributed by atoms with van der Waals surface area (Å²) >= 11 is 0. The second kappa shape index (κ2) is 5.89. The summed E-state index contributed by atoms with van der Waals surface area (Å²) in [5.74, 6) is 0.458. The van der Waals surface area contributed by atoms with E-state index in [2.05, 4.69) is 50.4 Å². The third kappa shape index (κ3) is 4.02. The highest BCUT2D eigenvalue weighted by molar-refractivity contribution is 5.22. The lowest BCUT2D eigenvalue weighted by atomic mass is 10.0. The van der Waals surface area contributed by atoms with Crippen molar-refractivity contribution in [2.24, 2.45) is 5.92 Å². The van der Waals surface area contributed by atoms with E-state index < -0.39 is 0 Å². The zero-order chi connectivity index (χ0) is 11.3. The van der Waals surface area contributed by atoms with Crippen LogP contribution in [0.15, 0.2) is 24.3 Å². The van der Waals surface area contributed by atoms with Gasteiger partial charge >= 0.3 is 0 Å². The normalized spacial score (nSPS) is 13.1. The number of aliphatic hydroxyl groups excluding tert-OH is 1. The molecule has 0 saturated carbocycles. The van der Waals surface area contributed by atoms with Crippen LogP contribution in [-0.2, 0) is 6.54 Å². The van der Waals surface area contributed by atoms with Gasteiger partial charge in [0.15, 0.2) is 0 Å². The Balaban J connectivity index is 2.49. The Hall–Kier alpha value is -0.860. The van der Waals surface area contributed by atoms with Gasteiger partial charge in [0.25, 0.3) is 0 Å². The van der Waals surface area contributed by atoms with Gasteiger partial charge in [-0.15, -0.1) is 0 Å². The van der Waals surface area contributed by atoms with E-state index in [4.69, 9.17) is 5.11 Å². The molecule has 1 aromatic rings. The molecule has 0 bridgehead atoms. The molecule has 84 valence electrons. The first kappa shape index (κ1) is 12.2. The lowest BCUT2D eigenvalue weighted by molar-refractivity contribution is 0.210. The highest BCUT2D eigenvalue weighted by atomic mass is 16.3. The van der Waals surface area contributed by atoms with Crippen LogP contribution in [0.5, 0.6) is 0 Å². The quantitative estimate of drug-likeness (QED) is 0.775. The zero-order valence-corrected chi connectivity index (χ0v) is 9.83. The number of aliphatic hydroxyl groups is 1. The molecule has 1 atom stereocenters. The Bertz CT molecular complexity index is 296. The summed E-state index contributed by atoms with van der Waals surface area (Å²) in [4.78, 5) is 0. The van der Waals surface area contributed by atoms with Crippen molar-refractivity contribution in [2.75, 3.05) is 6.61 Å². The number of hydrogen-bond acceptors (Lipinski definition) is 2. The summed E-state index contributed by atoms with van der Waals surface area (Å²) in [7, 11) is 0. The molecular formula is C13H21NO. The molecule has 0 aromatic heterocycles. The molecule has 2 nitrogen and oxygen atoms in total. The van der Waals surface area contributed by atoms with Crippen LogP contribution >= 0.6 is 0 Å². The van der Waals surface area contributed by atoms with Gasteiger partial charge in [0.2, 0.25) is 0 Å². The summed E-state index contributed by atoms with van der Waals surface area (Å²) in [5, 5.41) is 12.5. The molecule has 0 amide bonds. The van der Waals surface area contributed by atoms with Crippen molar-refractivity contribution >= 4 is 0 Å². The van der Waals surface area contributed by atoms with E-state index in [1.807, 2.05) is 0 Å². The Morgan fingerprint density at radius 2 is 2.07 bits per heavy atom. The van der Waals surface area contributed by atoms with Crippen molar-refractivity contribution in [1.29, 1.82) is 0 Å². The summed E-state index contributed by atoms with van der Waals surface area (Å²) in [6.45, 7) is 7.35. The third-order valence-corrected chi connectivity index (χ3v) is 2.65. The number of aryl methyl sites for hydroxylation is 1. The summed E-state index contributed by atoms with van der Waals surface area (Å²) in [6, 6.07) is 8.62. The molecule has 1 aromatic carbocycles. The molecule has 0 saturated heterocycles. The third-order valence-electron chi connectivity index (χ3n) is 2.65. The average Bonchev–Trinajstić information content (AvgIpc) is 2.18. The van der Waals surface area contributed by atoms with Crippen LogP contribution in [-0.4, -0.2) is 17.8 Å². The predicted molar refractivity (Wildman–Crippen MR) is 63.7 cm³/mol. The number of hydrogen-bond donors (Lipinski definition) is 2. The van der Waals surface area contributed by atoms with Crippen LogP contribution < -0.4 is 5.32 Å². The van der Waals surface area contributed by atoms with Gasteiger partial charge in [0, 0.05) is 12.6 Å². The smallest absolute Gasteiger partial charge is 0.0587 e. The Labute approximate surface area is 92.3 Å². The van der Waals surface area contributed by atoms with Crippen molar-refractivity contribution in [3.05, 3.63) is 35.4 Å². The van der Waals surface area contributed by atoms with Crippen molar-refractivity contribution in [3.8, 4) is 0 Å². The lowest BCUT2D eigenvalue weighted by Gasteiger charge is -2.20. The molecule has 2 heteroatoms. The van der Waals surface area contributed by atoms with Gasteiger partial charge in [0.05, 0.1) is 6.61 Å². The molecule has 0 aliphatic heterocycles. The van der Waals surface area contributed by atoms with Crippen LogP contribution in [0.3, 0.4) is 0 Å². The molecular weight excluding hydrogens is 186 g/mol. The maximum Gasteiger partial charge on any atom is 0.0587 e. The van der Waals surface area contributed by atoms with E-state index >= 15 is 0 Å². The zero-order valence-electron chi connectivity index (χ0n) is 9.83. The topological polar surface area (TPSA) is 32.3 Å². The predicted octanol–water partition coefficient (Wildman–Crippen LogP) is 2.10. The number of nitrogens with one attached hydrogen (secondary N) is 1. The standard InChI is InChI=1S/C13H21NO/c1-10(2)13(9-15)14-8-12-6-4-5-11(3)7-12/h4-7,10,13-15H,8-9H2,1-3H3. The van der Waals surface area contributed by atoms with Crippen LogP contribution in [0, 0.1) is 12.8 Å². The molecule has 15 heavy (non-hydrogen) atoms. The lowest BCUT2D eigenvalue weighted by Crippen LogP contribution is -2.36.